The lowest BCUT2D eigenvalue weighted by Crippen LogP contribution is -2.48. The monoisotopic (exact) mass is 628 g/mol. The molecule has 0 bridgehead atoms. The van der Waals surface area contributed by atoms with E-state index in [0.717, 1.165) is 72.1 Å². The van der Waals surface area contributed by atoms with E-state index in [0.29, 0.717) is 5.56 Å². The summed E-state index contributed by atoms with van der Waals surface area (Å²) in [5, 5.41) is 5.39. The number of nitrogens with zero attached hydrogens (tertiary/aromatic N) is 3. The van der Waals surface area contributed by atoms with Gasteiger partial charge in [0.2, 0.25) is 0 Å². The molecule has 1 N–H and O–H groups in total. The van der Waals surface area contributed by atoms with Crippen molar-refractivity contribution in [3.05, 3.63) is 125 Å². The minimum Gasteiger partial charge on any atom is -0.444 e. The first kappa shape index (κ1) is 32.2. The molecule has 1 amide bonds. The highest BCUT2D eigenvalue weighted by Crippen LogP contribution is 2.35. The van der Waals surface area contributed by atoms with Crippen LogP contribution >= 0.6 is 0 Å². The van der Waals surface area contributed by atoms with Gasteiger partial charge in [0.25, 0.3) is 5.56 Å². The van der Waals surface area contributed by atoms with Crippen LogP contribution in [0, 0.1) is 0 Å². The molecule has 1 atom stereocenters. The Bertz CT molecular complexity index is 1890. The number of ether oxygens (including phenoxy) is 1. The largest absolute Gasteiger partial charge is 0.444 e. The van der Waals surface area contributed by atoms with Crippen molar-refractivity contribution in [2.24, 2.45) is 7.05 Å². The number of benzene rings is 3. The van der Waals surface area contributed by atoms with Crippen LogP contribution in [0.4, 0.5) is 4.79 Å². The molecular weight excluding hydrogens is 584 g/mol. The molecule has 7 heteroatoms. The molecule has 3 heterocycles. The number of rotatable bonds is 8. The number of pyridine rings is 2. The van der Waals surface area contributed by atoms with Gasteiger partial charge in [-0.1, -0.05) is 66.7 Å². The van der Waals surface area contributed by atoms with Gasteiger partial charge in [-0.2, -0.15) is 0 Å². The summed E-state index contributed by atoms with van der Waals surface area (Å²) >= 11 is 0. The lowest BCUT2D eigenvalue weighted by molar-refractivity contribution is 0.0487. The standard InChI is InChI=1S/C40H44N4O3/c1-40(2,3)47-39(46)42-34(24-28-10-6-5-7-11-28)27-44-22-18-31(19-23-44)36-26-35(30-16-20-41-21-17-30)37(38(45)43(36)4)33-15-14-29-12-8-9-13-32(29)25-33/h5-17,20-21,25-26,31,34H,18-19,22-24,27H2,1-4H3,(H,42,46)/t34-/m0/s1. The Kier molecular flexibility index (Phi) is 9.55. The molecular formula is C40H44N4O3. The van der Waals surface area contributed by atoms with Gasteiger partial charge in [0.15, 0.2) is 0 Å². The Morgan fingerprint density at radius 3 is 2.28 bits per heavy atom. The van der Waals surface area contributed by atoms with E-state index < -0.39 is 11.7 Å². The zero-order chi connectivity index (χ0) is 33.0. The Morgan fingerprint density at radius 2 is 1.57 bits per heavy atom. The second-order valence-electron chi connectivity index (χ2n) is 13.6. The molecule has 1 aliphatic rings. The van der Waals surface area contributed by atoms with Gasteiger partial charge in [0.05, 0.1) is 5.56 Å². The van der Waals surface area contributed by atoms with Crippen molar-refractivity contribution in [1.82, 2.24) is 19.8 Å². The van der Waals surface area contributed by atoms with Crippen LogP contribution in [0.25, 0.3) is 33.0 Å². The zero-order valence-electron chi connectivity index (χ0n) is 27.8. The van der Waals surface area contributed by atoms with E-state index in [1.54, 1.807) is 12.4 Å². The minimum atomic E-state index is -0.561. The summed E-state index contributed by atoms with van der Waals surface area (Å²) in [5.41, 5.74) is 5.23. The highest BCUT2D eigenvalue weighted by molar-refractivity contribution is 5.91. The van der Waals surface area contributed by atoms with Gasteiger partial charge < -0.3 is 19.5 Å². The summed E-state index contributed by atoms with van der Waals surface area (Å²) < 4.78 is 7.46. The number of aromatic nitrogens is 2. The van der Waals surface area contributed by atoms with Gasteiger partial charge in [0, 0.05) is 43.6 Å². The van der Waals surface area contributed by atoms with Gasteiger partial charge in [0.1, 0.15) is 5.60 Å². The summed E-state index contributed by atoms with van der Waals surface area (Å²) in [4.78, 5) is 33.7. The average Bonchev–Trinajstić information content (AvgIpc) is 3.06. The predicted octanol–water partition coefficient (Wildman–Crippen LogP) is 7.58. The number of piperidine rings is 1. The Hall–Kier alpha value is -4.75. The maximum atomic E-state index is 14.2. The topological polar surface area (TPSA) is 76.5 Å². The first-order chi connectivity index (χ1) is 22.6. The molecule has 0 radical (unpaired) electrons. The van der Waals surface area contributed by atoms with Gasteiger partial charge in [-0.05, 0) is 110 Å². The maximum Gasteiger partial charge on any atom is 0.407 e. The number of carbonyl (C=O) groups is 1. The third kappa shape index (κ3) is 7.80. The van der Waals surface area contributed by atoms with Crippen LogP contribution in [0.2, 0.25) is 0 Å². The number of amides is 1. The Labute approximate surface area is 277 Å². The lowest BCUT2D eigenvalue weighted by atomic mass is 9.88. The number of nitrogens with one attached hydrogen (secondary N) is 1. The van der Waals surface area contributed by atoms with Gasteiger partial charge in [-0.25, -0.2) is 4.79 Å². The van der Waals surface area contributed by atoms with E-state index in [4.69, 9.17) is 4.74 Å². The maximum absolute atomic E-state index is 14.2. The van der Waals surface area contributed by atoms with Gasteiger partial charge in [-0.15, -0.1) is 0 Å². The van der Waals surface area contributed by atoms with Crippen LogP contribution in [-0.2, 0) is 18.2 Å². The first-order valence-corrected chi connectivity index (χ1v) is 16.5. The number of likely N-dealkylation sites (tertiary alicyclic amines) is 1. The summed E-state index contributed by atoms with van der Waals surface area (Å²) in [5.74, 6) is 0.238. The fourth-order valence-corrected chi connectivity index (χ4v) is 6.75. The third-order valence-electron chi connectivity index (χ3n) is 9.03. The van der Waals surface area contributed by atoms with Crippen molar-refractivity contribution < 1.29 is 9.53 Å². The highest BCUT2D eigenvalue weighted by atomic mass is 16.6. The van der Waals surface area contributed by atoms with E-state index in [1.165, 1.54) is 5.56 Å². The van der Waals surface area contributed by atoms with Crippen LogP contribution in [-0.4, -0.2) is 51.8 Å². The molecule has 3 aromatic carbocycles. The fourth-order valence-electron chi connectivity index (χ4n) is 6.75. The molecule has 0 spiro atoms. The number of alkyl carbamates (subject to hydrolysis) is 1. The third-order valence-corrected chi connectivity index (χ3v) is 9.03. The molecule has 5 aromatic rings. The van der Waals surface area contributed by atoms with Crippen LogP contribution < -0.4 is 10.9 Å². The molecule has 0 saturated carbocycles. The number of hydrogen-bond acceptors (Lipinski definition) is 5. The van der Waals surface area contributed by atoms with Crippen molar-refractivity contribution in [2.45, 2.75) is 57.6 Å². The second-order valence-corrected chi connectivity index (χ2v) is 13.6. The normalized spacial score (nSPS) is 15.0. The molecule has 6 rings (SSSR count). The van der Waals surface area contributed by atoms with Crippen molar-refractivity contribution in [3.63, 3.8) is 0 Å². The summed E-state index contributed by atoms with van der Waals surface area (Å²) in [7, 11) is 1.91. The zero-order valence-corrected chi connectivity index (χ0v) is 27.8. The molecule has 2 aromatic heterocycles. The number of fused-ring (bicyclic) bond motifs is 1. The number of hydrogen-bond donors (Lipinski definition) is 1. The van der Waals surface area contributed by atoms with E-state index in [9.17, 15) is 9.59 Å². The van der Waals surface area contributed by atoms with E-state index in [2.05, 4.69) is 63.7 Å². The lowest BCUT2D eigenvalue weighted by Gasteiger charge is -2.35. The molecule has 0 unspecified atom stereocenters. The van der Waals surface area contributed by atoms with E-state index in [1.807, 2.05) is 74.9 Å². The highest BCUT2D eigenvalue weighted by Gasteiger charge is 2.28. The molecule has 1 fully saturated rings. The van der Waals surface area contributed by atoms with E-state index >= 15 is 0 Å². The number of carbonyl (C=O) groups excluding carboxylic acids is 1. The average molecular weight is 629 g/mol. The fraction of sp³-hybridized carbons (Fsp3) is 0.325. The predicted molar refractivity (Wildman–Crippen MR) is 190 cm³/mol. The molecule has 7 nitrogen and oxygen atoms in total. The van der Waals surface area contributed by atoms with Gasteiger partial charge >= 0.3 is 6.09 Å². The summed E-state index contributed by atoms with van der Waals surface area (Å²) in [6, 6.07) is 30.9. The quantitative estimate of drug-likeness (QED) is 0.192. The molecule has 0 aliphatic carbocycles. The van der Waals surface area contributed by atoms with Crippen LogP contribution in [0.3, 0.4) is 0 Å². The Morgan fingerprint density at radius 1 is 0.894 bits per heavy atom. The SMILES string of the molecule is Cn1c(C2CCN(C[C@H](Cc3ccccc3)NC(=O)OC(C)(C)C)CC2)cc(-c2ccncc2)c(-c2ccc3ccccc3c2)c1=O. The first-order valence-electron chi connectivity index (χ1n) is 16.5. The van der Waals surface area contributed by atoms with Crippen molar-refractivity contribution in [2.75, 3.05) is 19.6 Å². The van der Waals surface area contributed by atoms with Gasteiger partial charge in [-0.3, -0.25) is 9.78 Å². The summed E-state index contributed by atoms with van der Waals surface area (Å²) in [6.45, 7) is 8.11. The van der Waals surface area contributed by atoms with Crippen molar-refractivity contribution in [1.29, 1.82) is 0 Å². The second kappa shape index (κ2) is 13.9. The Balaban J connectivity index is 1.24. The smallest absolute Gasteiger partial charge is 0.407 e. The van der Waals surface area contributed by atoms with Crippen molar-refractivity contribution >= 4 is 16.9 Å². The van der Waals surface area contributed by atoms with E-state index in [-0.39, 0.29) is 17.5 Å². The van der Waals surface area contributed by atoms with Crippen molar-refractivity contribution in [3.8, 4) is 22.3 Å². The molecule has 1 saturated heterocycles. The minimum absolute atomic E-state index is 0.0107. The molecule has 47 heavy (non-hydrogen) atoms. The van der Waals surface area contributed by atoms with Crippen LogP contribution in [0.5, 0.6) is 0 Å². The molecule has 242 valence electrons. The molecule has 1 aliphatic heterocycles. The van der Waals surface area contributed by atoms with Crippen LogP contribution in [0.15, 0.2) is 108 Å². The van der Waals surface area contributed by atoms with Crippen LogP contribution in [0.1, 0.15) is 50.8 Å². The summed E-state index contributed by atoms with van der Waals surface area (Å²) in [6.07, 6.45) is 5.74.